The molecule has 2 aromatic carbocycles. The minimum Gasteiger partial charge on any atom is -0.490 e. The monoisotopic (exact) mass is 534 g/mol. The average Bonchev–Trinajstić information content (AvgIpc) is 2.87. The molecule has 1 N–H and O–H groups in total. The third-order valence-electron chi connectivity index (χ3n) is 8.24. The van der Waals surface area contributed by atoms with Gasteiger partial charge in [0.2, 0.25) is 0 Å². The van der Waals surface area contributed by atoms with Gasteiger partial charge >= 0.3 is 5.97 Å². The number of aryl methyl sites for hydroxylation is 3. The highest BCUT2D eigenvalue weighted by molar-refractivity contribution is 5.86. The first-order valence-electron chi connectivity index (χ1n) is 13.7. The lowest BCUT2D eigenvalue weighted by molar-refractivity contribution is -0.136. The van der Waals surface area contributed by atoms with Crippen LogP contribution in [0.15, 0.2) is 36.4 Å². The van der Waals surface area contributed by atoms with Crippen LogP contribution in [0, 0.1) is 30.9 Å². The molecule has 39 heavy (non-hydrogen) atoms. The van der Waals surface area contributed by atoms with E-state index >= 15 is 0 Å². The Hall–Kier alpha value is -3.48. The Morgan fingerprint density at radius 3 is 2.51 bits per heavy atom. The van der Waals surface area contributed by atoms with Crippen LogP contribution in [0.2, 0.25) is 0 Å². The Kier molecular flexibility index (Phi) is 7.36. The molecule has 3 heterocycles. The molecule has 1 atom stereocenters. The maximum absolute atomic E-state index is 13.7. The Morgan fingerprint density at radius 2 is 1.82 bits per heavy atom. The van der Waals surface area contributed by atoms with Crippen LogP contribution in [0.3, 0.4) is 0 Å². The van der Waals surface area contributed by atoms with Crippen molar-refractivity contribution in [2.45, 2.75) is 72.3 Å². The summed E-state index contributed by atoms with van der Waals surface area (Å²) in [7, 11) is 0. The van der Waals surface area contributed by atoms with Crippen LogP contribution in [-0.2, 0) is 24.1 Å². The van der Waals surface area contributed by atoms with Gasteiger partial charge in [-0.25, -0.2) is 8.78 Å². The van der Waals surface area contributed by atoms with Gasteiger partial charge in [0.25, 0.3) is 0 Å². The van der Waals surface area contributed by atoms with E-state index in [-0.39, 0.29) is 17.9 Å². The fourth-order valence-electron chi connectivity index (χ4n) is 5.94. The lowest BCUT2D eigenvalue weighted by Gasteiger charge is -2.40. The molecule has 1 fully saturated rings. The first-order valence-corrected chi connectivity index (χ1v) is 13.7. The van der Waals surface area contributed by atoms with Crippen LogP contribution in [0.1, 0.15) is 61.2 Å². The van der Waals surface area contributed by atoms with E-state index in [2.05, 4.69) is 24.8 Å². The van der Waals surface area contributed by atoms with Gasteiger partial charge in [-0.2, -0.15) is 0 Å². The van der Waals surface area contributed by atoms with Crippen molar-refractivity contribution >= 4 is 11.7 Å². The molecule has 2 aliphatic rings. The largest absolute Gasteiger partial charge is 0.490 e. The van der Waals surface area contributed by atoms with E-state index in [1.807, 2.05) is 26.0 Å². The van der Waals surface area contributed by atoms with Crippen LogP contribution >= 0.6 is 0 Å². The van der Waals surface area contributed by atoms with Crippen molar-refractivity contribution in [3.63, 3.8) is 0 Å². The van der Waals surface area contributed by atoms with E-state index in [0.29, 0.717) is 12.0 Å². The van der Waals surface area contributed by atoms with Gasteiger partial charge in [-0.05, 0) is 85.9 Å². The quantitative estimate of drug-likeness (QED) is 0.375. The minimum absolute atomic E-state index is 0.0684. The summed E-state index contributed by atoms with van der Waals surface area (Å²) in [6, 6.07) is 10.1. The zero-order valence-electron chi connectivity index (χ0n) is 23.1. The molecule has 3 aromatic rings. The number of halogens is 2. The lowest BCUT2D eigenvalue weighted by atomic mass is 9.82. The zero-order chi connectivity index (χ0) is 27.9. The molecular weight excluding hydrogens is 498 g/mol. The standard InChI is InChI=1S/C32H36F2N2O3/c1-19-25(18-29(37)38)31(36-13-11-32(3,4)12-14-36)30(20(2)35-19)23-7-10-28-22(17-23)6-8-24(39-28)15-21-5-9-26(33)27(34)16-21/h5,7,9-10,16-17,24H,6,8,11-15,18H2,1-4H3,(H,37,38). The number of fused-ring (bicyclic) bond motifs is 1. The zero-order valence-corrected chi connectivity index (χ0v) is 23.1. The number of piperidine rings is 1. The van der Waals surface area contributed by atoms with Crippen molar-refractivity contribution in [3.8, 4) is 16.9 Å². The summed E-state index contributed by atoms with van der Waals surface area (Å²) in [4.78, 5) is 19.0. The highest BCUT2D eigenvalue weighted by Crippen LogP contribution is 2.43. The lowest BCUT2D eigenvalue weighted by Crippen LogP contribution is -2.38. The Morgan fingerprint density at radius 1 is 1.08 bits per heavy atom. The molecule has 5 rings (SSSR count). The number of hydrogen-bond acceptors (Lipinski definition) is 4. The minimum atomic E-state index is -0.862. The van der Waals surface area contributed by atoms with Gasteiger partial charge in [0.15, 0.2) is 11.6 Å². The Balaban J connectivity index is 1.48. The first-order chi connectivity index (χ1) is 18.5. The second-order valence-corrected chi connectivity index (χ2v) is 11.8. The number of aliphatic carboxylic acids is 1. The second-order valence-electron chi connectivity index (χ2n) is 11.8. The predicted octanol–water partition coefficient (Wildman–Crippen LogP) is 6.83. The van der Waals surface area contributed by atoms with Crippen molar-refractivity contribution in [3.05, 3.63) is 76.1 Å². The average molecular weight is 535 g/mol. The van der Waals surface area contributed by atoms with Gasteiger partial charge < -0.3 is 14.7 Å². The van der Waals surface area contributed by atoms with Gasteiger partial charge in [-0.15, -0.1) is 0 Å². The van der Waals surface area contributed by atoms with Crippen molar-refractivity contribution in [1.29, 1.82) is 0 Å². The van der Waals surface area contributed by atoms with Crippen LogP contribution in [-0.4, -0.2) is 35.3 Å². The number of anilines is 1. The molecule has 0 aliphatic carbocycles. The number of aromatic nitrogens is 1. The van der Waals surface area contributed by atoms with Gasteiger partial charge in [0, 0.05) is 42.0 Å². The summed E-state index contributed by atoms with van der Waals surface area (Å²) in [5.74, 6) is -1.76. The summed E-state index contributed by atoms with van der Waals surface area (Å²) in [6.07, 6.45) is 3.96. The summed E-state index contributed by atoms with van der Waals surface area (Å²) in [5.41, 5.74) is 7.47. The van der Waals surface area contributed by atoms with E-state index in [0.717, 1.165) is 89.9 Å². The molecule has 7 heteroatoms. The topological polar surface area (TPSA) is 62.7 Å². The van der Waals surface area contributed by atoms with Gasteiger partial charge in [0.1, 0.15) is 11.9 Å². The smallest absolute Gasteiger partial charge is 0.307 e. The van der Waals surface area contributed by atoms with Gasteiger partial charge in [0.05, 0.1) is 12.1 Å². The normalized spacial score (nSPS) is 18.4. The number of carbonyl (C=O) groups is 1. The molecule has 1 saturated heterocycles. The molecular formula is C32H36F2N2O3. The van der Waals surface area contributed by atoms with E-state index in [4.69, 9.17) is 9.72 Å². The predicted molar refractivity (Wildman–Crippen MR) is 149 cm³/mol. The van der Waals surface area contributed by atoms with Crippen molar-refractivity contribution in [2.75, 3.05) is 18.0 Å². The van der Waals surface area contributed by atoms with Gasteiger partial charge in [-0.1, -0.05) is 26.0 Å². The third-order valence-corrected chi connectivity index (χ3v) is 8.24. The van der Waals surface area contributed by atoms with E-state index in [1.54, 1.807) is 6.07 Å². The van der Waals surface area contributed by atoms with Crippen LogP contribution in [0.25, 0.3) is 11.1 Å². The maximum Gasteiger partial charge on any atom is 0.307 e. The molecule has 0 saturated carbocycles. The number of rotatable bonds is 6. The van der Waals surface area contributed by atoms with Crippen molar-refractivity contribution in [1.82, 2.24) is 4.98 Å². The van der Waals surface area contributed by atoms with Crippen LogP contribution < -0.4 is 9.64 Å². The van der Waals surface area contributed by atoms with Gasteiger partial charge in [-0.3, -0.25) is 9.78 Å². The van der Waals surface area contributed by atoms with E-state index < -0.39 is 17.6 Å². The summed E-state index contributed by atoms with van der Waals surface area (Å²) in [6.45, 7) is 10.2. The second kappa shape index (κ2) is 10.6. The molecule has 1 unspecified atom stereocenters. The molecule has 0 bridgehead atoms. The fourth-order valence-corrected chi connectivity index (χ4v) is 5.94. The van der Waals surface area contributed by atoms with Crippen molar-refractivity contribution < 1.29 is 23.4 Å². The Labute approximate surface area is 228 Å². The van der Waals surface area contributed by atoms with E-state index in [1.165, 1.54) is 6.07 Å². The number of pyridine rings is 1. The highest BCUT2D eigenvalue weighted by atomic mass is 19.2. The number of carboxylic acid groups (broad SMARTS) is 1. The SMILES string of the molecule is Cc1nc(C)c(-c2ccc3c(c2)CCC(Cc2ccc(F)c(F)c2)O3)c(N2CCC(C)(C)CC2)c1CC(=O)O. The summed E-state index contributed by atoms with van der Waals surface area (Å²) in [5, 5.41) is 9.74. The maximum atomic E-state index is 13.7. The molecule has 0 radical (unpaired) electrons. The van der Waals surface area contributed by atoms with Crippen molar-refractivity contribution in [2.24, 2.45) is 5.41 Å². The molecule has 1 aromatic heterocycles. The number of nitrogens with zero attached hydrogens (tertiary/aromatic N) is 2. The fraction of sp³-hybridized carbons (Fsp3) is 0.438. The first kappa shape index (κ1) is 27.1. The summed E-state index contributed by atoms with van der Waals surface area (Å²) < 4.78 is 33.3. The van der Waals surface area contributed by atoms with Crippen LogP contribution in [0.4, 0.5) is 14.5 Å². The number of hydrogen-bond donors (Lipinski definition) is 1. The summed E-state index contributed by atoms with van der Waals surface area (Å²) >= 11 is 0. The number of ether oxygens (including phenoxy) is 1. The number of benzene rings is 2. The van der Waals surface area contributed by atoms with Crippen LogP contribution in [0.5, 0.6) is 5.75 Å². The van der Waals surface area contributed by atoms with E-state index in [9.17, 15) is 18.7 Å². The number of carboxylic acids is 1. The molecule has 0 amide bonds. The molecule has 5 nitrogen and oxygen atoms in total. The Bertz CT molecular complexity index is 1410. The molecule has 206 valence electrons. The molecule has 0 spiro atoms. The third kappa shape index (κ3) is 5.77. The molecule has 2 aliphatic heterocycles. The highest BCUT2D eigenvalue weighted by Gasteiger charge is 2.31.